The molecule has 1 aliphatic rings. The Hall–Kier alpha value is -1.72. The molecule has 1 fully saturated rings. The van der Waals surface area contributed by atoms with Crippen molar-refractivity contribution in [3.63, 3.8) is 0 Å². The van der Waals surface area contributed by atoms with Crippen LogP contribution in [0.4, 0.5) is 10.6 Å². The Morgan fingerprint density at radius 1 is 1.71 bits per heavy atom. The fraction of sp³-hybridized carbons (Fsp3) is 0.636. The number of carbonyl (C=O) groups excluding carboxylic acids is 1. The van der Waals surface area contributed by atoms with E-state index in [9.17, 15) is 4.79 Å². The Morgan fingerprint density at radius 3 is 3.06 bits per heavy atom. The minimum atomic E-state index is -0.320. The number of nitrogen functional groups attached to an aromatic ring is 1. The third-order valence-corrected chi connectivity index (χ3v) is 2.95. The molecular formula is C11H18N4O2. The number of rotatable bonds is 4. The van der Waals surface area contributed by atoms with E-state index in [0.29, 0.717) is 18.3 Å². The molecule has 0 atom stereocenters. The van der Waals surface area contributed by atoms with Crippen LogP contribution in [0.15, 0.2) is 6.07 Å². The molecule has 1 aromatic rings. The SMILES string of the molecule is CCCNC(=O)OC1CC(c2cc(N)n[nH]2)C1. The lowest BCUT2D eigenvalue weighted by Gasteiger charge is -2.33. The van der Waals surface area contributed by atoms with Gasteiger partial charge < -0.3 is 15.8 Å². The molecule has 1 heterocycles. The van der Waals surface area contributed by atoms with Gasteiger partial charge in [-0.05, 0) is 19.3 Å². The number of aromatic nitrogens is 2. The zero-order chi connectivity index (χ0) is 12.3. The highest BCUT2D eigenvalue weighted by molar-refractivity contribution is 5.67. The lowest BCUT2D eigenvalue weighted by molar-refractivity contribution is 0.0386. The van der Waals surface area contributed by atoms with E-state index >= 15 is 0 Å². The van der Waals surface area contributed by atoms with Crippen molar-refractivity contribution in [1.82, 2.24) is 15.5 Å². The minimum absolute atomic E-state index is 0.0152. The van der Waals surface area contributed by atoms with Gasteiger partial charge in [0, 0.05) is 24.2 Å². The summed E-state index contributed by atoms with van der Waals surface area (Å²) in [7, 11) is 0. The maximum absolute atomic E-state index is 11.3. The summed E-state index contributed by atoms with van der Waals surface area (Å²) in [5, 5.41) is 9.45. The summed E-state index contributed by atoms with van der Waals surface area (Å²) >= 11 is 0. The normalized spacial score (nSPS) is 22.9. The number of aromatic amines is 1. The molecule has 17 heavy (non-hydrogen) atoms. The molecule has 0 saturated heterocycles. The average Bonchev–Trinajstić information content (AvgIpc) is 2.66. The fourth-order valence-electron chi connectivity index (χ4n) is 1.90. The van der Waals surface area contributed by atoms with Gasteiger partial charge in [0.25, 0.3) is 0 Å². The van der Waals surface area contributed by atoms with Crippen molar-refractivity contribution >= 4 is 11.9 Å². The summed E-state index contributed by atoms with van der Waals surface area (Å²) in [6.07, 6.45) is 2.28. The maximum Gasteiger partial charge on any atom is 0.407 e. The van der Waals surface area contributed by atoms with Crippen LogP contribution < -0.4 is 11.1 Å². The Bertz CT molecular complexity index is 385. The molecule has 0 aliphatic heterocycles. The minimum Gasteiger partial charge on any atom is -0.446 e. The summed E-state index contributed by atoms with van der Waals surface area (Å²) in [5.74, 6) is 0.883. The summed E-state index contributed by atoms with van der Waals surface area (Å²) in [6.45, 7) is 2.66. The van der Waals surface area contributed by atoms with Crippen LogP contribution in [0, 0.1) is 0 Å². The van der Waals surface area contributed by atoms with E-state index < -0.39 is 0 Å². The van der Waals surface area contributed by atoms with E-state index in [1.54, 1.807) is 0 Å². The van der Waals surface area contributed by atoms with E-state index in [1.807, 2.05) is 13.0 Å². The Labute approximate surface area is 99.9 Å². The van der Waals surface area contributed by atoms with Crippen LogP contribution in [-0.2, 0) is 4.74 Å². The standard InChI is InChI=1S/C11H18N4O2/c1-2-3-13-11(16)17-8-4-7(5-8)9-6-10(12)15-14-9/h6-8H,2-5H2,1H3,(H,13,16)(H3,12,14,15). The molecule has 1 amide bonds. The number of hydrogen-bond acceptors (Lipinski definition) is 4. The van der Waals surface area contributed by atoms with E-state index in [0.717, 1.165) is 25.0 Å². The van der Waals surface area contributed by atoms with Crippen molar-refractivity contribution in [2.75, 3.05) is 12.3 Å². The van der Waals surface area contributed by atoms with E-state index in [1.165, 1.54) is 0 Å². The van der Waals surface area contributed by atoms with Crippen LogP contribution in [-0.4, -0.2) is 28.9 Å². The van der Waals surface area contributed by atoms with Crippen LogP contribution in [0.1, 0.15) is 37.8 Å². The second-order valence-corrected chi connectivity index (χ2v) is 4.37. The van der Waals surface area contributed by atoms with Gasteiger partial charge in [0.15, 0.2) is 0 Å². The molecule has 0 aromatic carbocycles. The zero-order valence-electron chi connectivity index (χ0n) is 9.90. The van der Waals surface area contributed by atoms with E-state index in [-0.39, 0.29) is 12.2 Å². The number of nitrogens with one attached hydrogen (secondary N) is 2. The van der Waals surface area contributed by atoms with Crippen molar-refractivity contribution < 1.29 is 9.53 Å². The number of ether oxygens (including phenoxy) is 1. The highest BCUT2D eigenvalue weighted by Gasteiger charge is 2.34. The van der Waals surface area contributed by atoms with Gasteiger partial charge in [0.2, 0.25) is 0 Å². The van der Waals surface area contributed by atoms with Crippen LogP contribution >= 0.6 is 0 Å². The van der Waals surface area contributed by atoms with Crippen LogP contribution in [0.3, 0.4) is 0 Å². The molecule has 6 nitrogen and oxygen atoms in total. The van der Waals surface area contributed by atoms with Crippen LogP contribution in [0.5, 0.6) is 0 Å². The van der Waals surface area contributed by atoms with Gasteiger partial charge in [-0.2, -0.15) is 5.10 Å². The molecule has 1 saturated carbocycles. The molecule has 94 valence electrons. The number of carbonyl (C=O) groups is 1. The number of nitrogens with two attached hydrogens (primary N) is 1. The van der Waals surface area contributed by atoms with Crippen LogP contribution in [0.25, 0.3) is 0 Å². The van der Waals surface area contributed by atoms with Gasteiger partial charge in [-0.25, -0.2) is 4.79 Å². The zero-order valence-corrected chi connectivity index (χ0v) is 9.90. The number of amides is 1. The predicted molar refractivity (Wildman–Crippen MR) is 63.5 cm³/mol. The molecule has 0 unspecified atom stereocenters. The monoisotopic (exact) mass is 238 g/mol. The molecule has 0 radical (unpaired) electrons. The van der Waals surface area contributed by atoms with Gasteiger partial charge in [0.05, 0.1) is 0 Å². The molecule has 1 aromatic heterocycles. The highest BCUT2D eigenvalue weighted by atomic mass is 16.6. The molecule has 1 aliphatic carbocycles. The molecule has 0 spiro atoms. The first-order valence-corrected chi connectivity index (χ1v) is 5.94. The van der Waals surface area contributed by atoms with Gasteiger partial charge in [0.1, 0.15) is 11.9 Å². The van der Waals surface area contributed by atoms with Gasteiger partial charge in [-0.3, -0.25) is 5.10 Å². The molecule has 6 heteroatoms. The first-order chi connectivity index (χ1) is 8.19. The average molecular weight is 238 g/mol. The summed E-state index contributed by atoms with van der Waals surface area (Å²) in [4.78, 5) is 11.3. The number of hydrogen-bond donors (Lipinski definition) is 3. The third kappa shape index (κ3) is 2.89. The van der Waals surface area contributed by atoms with Gasteiger partial charge in [-0.15, -0.1) is 0 Å². The van der Waals surface area contributed by atoms with E-state index in [4.69, 9.17) is 10.5 Å². The Kier molecular flexibility index (Phi) is 3.51. The molecule has 2 rings (SSSR count). The molecule has 0 bridgehead atoms. The van der Waals surface area contributed by atoms with Crippen molar-refractivity contribution in [1.29, 1.82) is 0 Å². The summed E-state index contributed by atoms with van der Waals surface area (Å²) < 4.78 is 5.23. The summed E-state index contributed by atoms with van der Waals surface area (Å²) in [6, 6.07) is 1.83. The molecular weight excluding hydrogens is 220 g/mol. The highest BCUT2D eigenvalue weighted by Crippen LogP contribution is 2.38. The van der Waals surface area contributed by atoms with Crippen molar-refractivity contribution in [2.45, 2.75) is 38.2 Å². The second-order valence-electron chi connectivity index (χ2n) is 4.37. The fourth-order valence-corrected chi connectivity index (χ4v) is 1.90. The number of anilines is 1. The number of H-pyrrole nitrogens is 1. The quantitative estimate of drug-likeness (QED) is 0.738. The second kappa shape index (κ2) is 5.07. The smallest absolute Gasteiger partial charge is 0.407 e. The van der Waals surface area contributed by atoms with Crippen molar-refractivity contribution in [3.05, 3.63) is 11.8 Å². The topological polar surface area (TPSA) is 93.0 Å². The van der Waals surface area contributed by atoms with Gasteiger partial charge >= 0.3 is 6.09 Å². The largest absolute Gasteiger partial charge is 0.446 e. The van der Waals surface area contributed by atoms with Gasteiger partial charge in [-0.1, -0.05) is 6.92 Å². The van der Waals surface area contributed by atoms with Crippen LogP contribution in [0.2, 0.25) is 0 Å². The first-order valence-electron chi connectivity index (χ1n) is 5.94. The predicted octanol–water partition coefficient (Wildman–Crippen LogP) is 1.37. The first kappa shape index (κ1) is 11.8. The lowest BCUT2D eigenvalue weighted by Crippen LogP contribution is -2.36. The van der Waals surface area contributed by atoms with E-state index in [2.05, 4.69) is 15.5 Å². The Balaban J connectivity index is 1.70. The summed E-state index contributed by atoms with van der Waals surface area (Å²) in [5.41, 5.74) is 6.55. The van der Waals surface area contributed by atoms with Crippen molar-refractivity contribution in [3.8, 4) is 0 Å². The maximum atomic E-state index is 11.3. The number of alkyl carbamates (subject to hydrolysis) is 1. The number of nitrogens with zero attached hydrogens (tertiary/aromatic N) is 1. The Morgan fingerprint density at radius 2 is 2.47 bits per heavy atom. The third-order valence-electron chi connectivity index (χ3n) is 2.95. The lowest BCUT2D eigenvalue weighted by atomic mass is 9.80. The van der Waals surface area contributed by atoms with Crippen molar-refractivity contribution in [2.24, 2.45) is 0 Å². The molecule has 4 N–H and O–H groups in total.